The third kappa shape index (κ3) is 7.74. The van der Waals surface area contributed by atoms with Crippen molar-refractivity contribution in [2.24, 2.45) is 0 Å². The lowest BCUT2D eigenvalue weighted by molar-refractivity contribution is 0.182. The summed E-state index contributed by atoms with van der Waals surface area (Å²) in [5.74, 6) is 0. The zero-order valence-electron chi connectivity index (χ0n) is 12.0. The molecule has 0 unspecified atom stereocenters. The third-order valence-electron chi connectivity index (χ3n) is 3.07. The molecule has 0 aromatic heterocycles. The van der Waals surface area contributed by atoms with E-state index in [9.17, 15) is 0 Å². The predicted octanol–water partition coefficient (Wildman–Crippen LogP) is 4.66. The maximum atomic E-state index is 5.95. The van der Waals surface area contributed by atoms with E-state index in [0.29, 0.717) is 0 Å². The van der Waals surface area contributed by atoms with E-state index in [1.165, 1.54) is 25.7 Å². The van der Waals surface area contributed by atoms with Crippen molar-refractivity contribution in [3.8, 4) is 0 Å². The summed E-state index contributed by atoms with van der Waals surface area (Å²) in [6, 6.07) is 2.22. The summed E-state index contributed by atoms with van der Waals surface area (Å²) in [6.07, 6.45) is 8.27. The number of hydrogen-bond acceptors (Lipinski definition) is 2. The standard InChI is InChI=1S/C14H30O2Si/c1-5-9-10-11-12-13-14-17(8-4,15-6-2)16-7-3/h5H,1,6-14H2,2-4H3. The van der Waals surface area contributed by atoms with E-state index in [1.807, 2.05) is 6.08 Å². The minimum absolute atomic E-state index is 0.788. The molecular formula is C14H30O2Si. The Kier molecular flexibility index (Phi) is 10.9. The Morgan fingerprint density at radius 1 is 0.941 bits per heavy atom. The summed E-state index contributed by atoms with van der Waals surface area (Å²) in [5.41, 5.74) is 0. The van der Waals surface area contributed by atoms with Gasteiger partial charge in [0.05, 0.1) is 0 Å². The molecule has 0 amide bonds. The van der Waals surface area contributed by atoms with Crippen LogP contribution < -0.4 is 0 Å². The number of allylic oxidation sites excluding steroid dienone is 1. The molecule has 2 nitrogen and oxygen atoms in total. The van der Waals surface area contributed by atoms with E-state index >= 15 is 0 Å². The molecule has 0 rings (SSSR count). The average Bonchev–Trinajstić information content (AvgIpc) is 2.34. The van der Waals surface area contributed by atoms with Crippen molar-refractivity contribution in [1.82, 2.24) is 0 Å². The first-order valence-corrected chi connectivity index (χ1v) is 9.36. The summed E-state index contributed by atoms with van der Waals surface area (Å²) < 4.78 is 11.9. The van der Waals surface area contributed by atoms with Crippen molar-refractivity contribution in [2.75, 3.05) is 13.2 Å². The Balaban J connectivity index is 3.85. The summed E-state index contributed by atoms with van der Waals surface area (Å²) in [5, 5.41) is 0. The summed E-state index contributed by atoms with van der Waals surface area (Å²) in [6.45, 7) is 11.7. The molecule has 102 valence electrons. The molecule has 0 aliphatic rings. The Morgan fingerprint density at radius 2 is 1.53 bits per heavy atom. The highest BCUT2D eigenvalue weighted by molar-refractivity contribution is 6.67. The van der Waals surface area contributed by atoms with Crippen molar-refractivity contribution in [1.29, 1.82) is 0 Å². The van der Waals surface area contributed by atoms with Gasteiger partial charge in [-0.3, -0.25) is 0 Å². The van der Waals surface area contributed by atoms with Gasteiger partial charge in [-0.25, -0.2) is 0 Å². The fourth-order valence-electron chi connectivity index (χ4n) is 2.13. The third-order valence-corrected chi connectivity index (χ3v) is 6.89. The lowest BCUT2D eigenvalue weighted by atomic mass is 10.1. The zero-order valence-corrected chi connectivity index (χ0v) is 13.0. The molecule has 0 spiro atoms. The van der Waals surface area contributed by atoms with Gasteiger partial charge in [0.15, 0.2) is 0 Å². The van der Waals surface area contributed by atoms with Crippen LogP contribution in [0.4, 0.5) is 0 Å². The highest BCUT2D eigenvalue weighted by atomic mass is 28.4. The van der Waals surface area contributed by atoms with Gasteiger partial charge in [-0.05, 0) is 38.8 Å². The molecular weight excluding hydrogens is 228 g/mol. The normalized spacial score (nSPS) is 11.7. The van der Waals surface area contributed by atoms with Crippen molar-refractivity contribution >= 4 is 8.56 Å². The minimum atomic E-state index is -1.86. The van der Waals surface area contributed by atoms with E-state index in [0.717, 1.165) is 31.7 Å². The number of unbranched alkanes of at least 4 members (excludes halogenated alkanes) is 4. The molecule has 0 heterocycles. The maximum Gasteiger partial charge on any atom is 0.337 e. The van der Waals surface area contributed by atoms with Crippen LogP contribution in [0.3, 0.4) is 0 Å². The van der Waals surface area contributed by atoms with Gasteiger partial charge in [-0.15, -0.1) is 6.58 Å². The molecule has 0 aliphatic carbocycles. The van der Waals surface area contributed by atoms with Crippen LogP contribution in [-0.4, -0.2) is 21.8 Å². The lowest BCUT2D eigenvalue weighted by Gasteiger charge is -2.28. The fourth-order valence-corrected chi connectivity index (χ4v) is 5.10. The first-order valence-electron chi connectivity index (χ1n) is 7.13. The molecule has 0 aromatic carbocycles. The van der Waals surface area contributed by atoms with Crippen molar-refractivity contribution in [3.05, 3.63) is 12.7 Å². The van der Waals surface area contributed by atoms with Gasteiger partial charge >= 0.3 is 8.56 Å². The van der Waals surface area contributed by atoms with Crippen molar-refractivity contribution in [3.63, 3.8) is 0 Å². The van der Waals surface area contributed by atoms with Crippen molar-refractivity contribution < 1.29 is 8.85 Å². The van der Waals surface area contributed by atoms with Crippen LogP contribution in [0.2, 0.25) is 12.1 Å². The first-order chi connectivity index (χ1) is 8.24. The molecule has 3 heteroatoms. The summed E-state index contributed by atoms with van der Waals surface area (Å²) >= 11 is 0. The highest BCUT2D eigenvalue weighted by Crippen LogP contribution is 2.22. The highest BCUT2D eigenvalue weighted by Gasteiger charge is 2.33. The quantitative estimate of drug-likeness (QED) is 0.288. The molecule has 0 aliphatic heterocycles. The molecule has 0 aromatic rings. The van der Waals surface area contributed by atoms with Gasteiger partial charge in [-0.1, -0.05) is 32.3 Å². The fraction of sp³-hybridized carbons (Fsp3) is 0.857. The summed E-state index contributed by atoms with van der Waals surface area (Å²) in [7, 11) is -1.86. The SMILES string of the molecule is C=CCCCCCC[Si](CC)(OCC)OCC. The minimum Gasteiger partial charge on any atom is -0.394 e. The Hall–Kier alpha value is -0.123. The first kappa shape index (κ1) is 16.9. The Morgan fingerprint density at radius 3 is 2.00 bits per heavy atom. The van der Waals surface area contributed by atoms with Gasteiger partial charge in [-0.2, -0.15) is 0 Å². The van der Waals surface area contributed by atoms with Gasteiger partial charge in [0.1, 0.15) is 0 Å². The second-order valence-corrected chi connectivity index (χ2v) is 7.98. The van der Waals surface area contributed by atoms with E-state index in [2.05, 4.69) is 27.4 Å². The molecule has 0 fully saturated rings. The van der Waals surface area contributed by atoms with Gasteiger partial charge in [0.25, 0.3) is 0 Å². The predicted molar refractivity (Wildman–Crippen MR) is 77.6 cm³/mol. The van der Waals surface area contributed by atoms with E-state index < -0.39 is 8.56 Å². The molecule has 0 bridgehead atoms. The zero-order chi connectivity index (χ0) is 13.0. The Bertz CT molecular complexity index is 177. The Labute approximate surface area is 109 Å². The van der Waals surface area contributed by atoms with E-state index in [-0.39, 0.29) is 0 Å². The van der Waals surface area contributed by atoms with Crippen LogP contribution in [-0.2, 0) is 8.85 Å². The number of hydrogen-bond donors (Lipinski definition) is 0. The van der Waals surface area contributed by atoms with Crippen LogP contribution in [0.1, 0.15) is 52.9 Å². The van der Waals surface area contributed by atoms with E-state index in [1.54, 1.807) is 0 Å². The lowest BCUT2D eigenvalue weighted by Crippen LogP contribution is -2.41. The summed E-state index contributed by atoms with van der Waals surface area (Å²) in [4.78, 5) is 0. The maximum absolute atomic E-state index is 5.95. The van der Waals surface area contributed by atoms with Gasteiger partial charge in [0.2, 0.25) is 0 Å². The second kappa shape index (κ2) is 11.0. The van der Waals surface area contributed by atoms with Crippen LogP contribution in [0, 0.1) is 0 Å². The monoisotopic (exact) mass is 258 g/mol. The molecule has 0 saturated heterocycles. The number of rotatable bonds is 12. The van der Waals surface area contributed by atoms with Gasteiger partial charge < -0.3 is 8.85 Å². The second-order valence-electron chi connectivity index (χ2n) is 4.37. The van der Waals surface area contributed by atoms with Crippen LogP contribution >= 0.6 is 0 Å². The van der Waals surface area contributed by atoms with Crippen LogP contribution in [0.15, 0.2) is 12.7 Å². The van der Waals surface area contributed by atoms with Crippen LogP contribution in [0.5, 0.6) is 0 Å². The molecule has 0 radical (unpaired) electrons. The van der Waals surface area contributed by atoms with Gasteiger partial charge in [0, 0.05) is 13.2 Å². The smallest absolute Gasteiger partial charge is 0.337 e. The molecule has 17 heavy (non-hydrogen) atoms. The topological polar surface area (TPSA) is 18.5 Å². The molecule has 0 saturated carbocycles. The van der Waals surface area contributed by atoms with Crippen molar-refractivity contribution in [2.45, 2.75) is 65.0 Å². The molecule has 0 N–H and O–H groups in total. The largest absolute Gasteiger partial charge is 0.394 e. The van der Waals surface area contributed by atoms with E-state index in [4.69, 9.17) is 8.85 Å². The average molecular weight is 258 g/mol. The van der Waals surface area contributed by atoms with Crippen LogP contribution in [0.25, 0.3) is 0 Å². The molecule has 0 atom stereocenters.